The van der Waals surface area contributed by atoms with Gasteiger partial charge in [0.1, 0.15) is 0 Å². The van der Waals surface area contributed by atoms with Crippen molar-refractivity contribution < 1.29 is 0 Å². The number of aromatic amines is 1. The van der Waals surface area contributed by atoms with Crippen LogP contribution < -0.4 is 5.32 Å². The highest BCUT2D eigenvalue weighted by atomic mass is 15.3. The Labute approximate surface area is 120 Å². The van der Waals surface area contributed by atoms with Crippen molar-refractivity contribution in [1.82, 2.24) is 20.1 Å². The second-order valence-electron chi connectivity index (χ2n) is 5.93. The summed E-state index contributed by atoms with van der Waals surface area (Å²) in [6, 6.07) is 9.35. The van der Waals surface area contributed by atoms with Crippen molar-refractivity contribution in [2.24, 2.45) is 0 Å². The molecule has 1 aromatic heterocycles. The second-order valence-corrected chi connectivity index (χ2v) is 5.93. The Balaban J connectivity index is 1.53. The minimum Gasteiger partial charge on any atom is -0.361 e. The van der Waals surface area contributed by atoms with Crippen molar-refractivity contribution in [3.05, 3.63) is 36.0 Å². The molecule has 1 aliphatic heterocycles. The molecular weight excluding hydrogens is 248 g/mol. The third kappa shape index (κ3) is 3.03. The van der Waals surface area contributed by atoms with Gasteiger partial charge in [-0.3, -0.25) is 4.90 Å². The zero-order valence-corrected chi connectivity index (χ0v) is 12.4. The Bertz CT molecular complexity index is 562. The molecule has 1 unspecified atom stereocenters. The molecule has 4 nitrogen and oxygen atoms in total. The molecule has 1 fully saturated rings. The highest BCUT2D eigenvalue weighted by Crippen LogP contribution is 2.14. The van der Waals surface area contributed by atoms with Gasteiger partial charge in [0.05, 0.1) is 0 Å². The number of hydrogen-bond donors (Lipinski definition) is 2. The van der Waals surface area contributed by atoms with Gasteiger partial charge in [-0.05, 0) is 37.2 Å². The third-order valence-electron chi connectivity index (χ3n) is 4.31. The van der Waals surface area contributed by atoms with Crippen molar-refractivity contribution >= 4 is 10.9 Å². The predicted octanol–water partition coefficient (Wildman–Crippen LogP) is 1.50. The van der Waals surface area contributed by atoms with Crippen LogP contribution in [0.15, 0.2) is 30.5 Å². The van der Waals surface area contributed by atoms with Crippen LogP contribution in [0.3, 0.4) is 0 Å². The number of nitrogens with zero attached hydrogens (tertiary/aromatic N) is 2. The lowest BCUT2D eigenvalue weighted by Gasteiger charge is -2.37. The maximum atomic E-state index is 3.60. The van der Waals surface area contributed by atoms with E-state index in [9.17, 15) is 0 Å². The topological polar surface area (TPSA) is 34.3 Å². The van der Waals surface area contributed by atoms with E-state index in [4.69, 9.17) is 0 Å². The number of fused-ring (bicyclic) bond motifs is 1. The maximum absolute atomic E-state index is 3.60. The van der Waals surface area contributed by atoms with E-state index in [0.717, 1.165) is 26.2 Å². The highest BCUT2D eigenvalue weighted by Gasteiger charge is 2.21. The Kier molecular flexibility index (Phi) is 4.05. The SMILES string of the molecule is CN1CCN(C)C(CNCc2ccc3cc[nH]c3c2)C1. The van der Waals surface area contributed by atoms with Crippen LogP contribution in [0.4, 0.5) is 0 Å². The molecule has 0 aliphatic carbocycles. The molecule has 108 valence electrons. The van der Waals surface area contributed by atoms with Gasteiger partial charge in [-0.25, -0.2) is 0 Å². The first-order chi connectivity index (χ1) is 9.72. The zero-order valence-electron chi connectivity index (χ0n) is 12.4. The number of piperazine rings is 1. The summed E-state index contributed by atoms with van der Waals surface area (Å²) < 4.78 is 0. The number of hydrogen-bond acceptors (Lipinski definition) is 3. The average molecular weight is 272 g/mol. The number of likely N-dealkylation sites (N-methyl/N-ethyl adjacent to an activating group) is 2. The number of benzene rings is 1. The lowest BCUT2D eigenvalue weighted by molar-refractivity contribution is 0.113. The van der Waals surface area contributed by atoms with Gasteiger partial charge >= 0.3 is 0 Å². The fourth-order valence-corrected chi connectivity index (χ4v) is 2.91. The van der Waals surface area contributed by atoms with Crippen molar-refractivity contribution in [1.29, 1.82) is 0 Å². The molecule has 20 heavy (non-hydrogen) atoms. The highest BCUT2D eigenvalue weighted by molar-refractivity contribution is 5.79. The van der Waals surface area contributed by atoms with Crippen LogP contribution in [-0.4, -0.2) is 61.1 Å². The number of H-pyrrole nitrogens is 1. The average Bonchev–Trinajstić information content (AvgIpc) is 2.90. The van der Waals surface area contributed by atoms with Crippen LogP contribution in [0.2, 0.25) is 0 Å². The summed E-state index contributed by atoms with van der Waals surface area (Å²) in [7, 11) is 4.43. The smallest absolute Gasteiger partial charge is 0.0457 e. The van der Waals surface area contributed by atoms with Gasteiger partial charge in [0, 0.05) is 50.5 Å². The molecule has 1 aliphatic rings. The molecule has 0 radical (unpaired) electrons. The Morgan fingerprint density at radius 2 is 2.15 bits per heavy atom. The van der Waals surface area contributed by atoms with E-state index in [-0.39, 0.29) is 0 Å². The Morgan fingerprint density at radius 1 is 1.25 bits per heavy atom. The first-order valence-electron chi connectivity index (χ1n) is 7.38. The molecule has 1 aromatic carbocycles. The van der Waals surface area contributed by atoms with Crippen molar-refractivity contribution in [2.75, 3.05) is 40.3 Å². The molecular formula is C16H24N4. The molecule has 3 rings (SSSR count). The number of aromatic nitrogens is 1. The first-order valence-corrected chi connectivity index (χ1v) is 7.38. The summed E-state index contributed by atoms with van der Waals surface area (Å²) in [5.41, 5.74) is 2.56. The summed E-state index contributed by atoms with van der Waals surface area (Å²) >= 11 is 0. The van der Waals surface area contributed by atoms with Crippen LogP contribution in [-0.2, 0) is 6.54 Å². The van der Waals surface area contributed by atoms with Crippen molar-refractivity contribution in [2.45, 2.75) is 12.6 Å². The van der Waals surface area contributed by atoms with Gasteiger partial charge in [0.15, 0.2) is 0 Å². The molecule has 0 spiro atoms. The molecule has 0 amide bonds. The van der Waals surface area contributed by atoms with E-state index in [1.165, 1.54) is 23.0 Å². The molecule has 2 N–H and O–H groups in total. The molecule has 2 aromatic rings. The van der Waals surface area contributed by atoms with E-state index in [0.29, 0.717) is 6.04 Å². The molecule has 0 bridgehead atoms. The number of nitrogens with one attached hydrogen (secondary N) is 2. The lowest BCUT2D eigenvalue weighted by Crippen LogP contribution is -2.53. The van der Waals surface area contributed by atoms with Crippen LogP contribution in [0, 0.1) is 0 Å². The Morgan fingerprint density at radius 3 is 3.05 bits per heavy atom. The summed E-state index contributed by atoms with van der Waals surface area (Å²) in [5.74, 6) is 0. The quantitative estimate of drug-likeness (QED) is 0.885. The lowest BCUT2D eigenvalue weighted by atomic mass is 10.1. The van der Waals surface area contributed by atoms with Crippen molar-refractivity contribution in [3.8, 4) is 0 Å². The molecule has 1 atom stereocenters. The van der Waals surface area contributed by atoms with Gasteiger partial charge in [0.2, 0.25) is 0 Å². The predicted molar refractivity (Wildman–Crippen MR) is 83.9 cm³/mol. The third-order valence-corrected chi connectivity index (χ3v) is 4.31. The van der Waals surface area contributed by atoms with E-state index >= 15 is 0 Å². The molecule has 1 saturated heterocycles. The summed E-state index contributed by atoms with van der Waals surface area (Å²) in [5, 5.41) is 4.88. The molecule has 0 saturated carbocycles. The summed E-state index contributed by atoms with van der Waals surface area (Å²) in [4.78, 5) is 8.14. The van der Waals surface area contributed by atoms with Crippen molar-refractivity contribution in [3.63, 3.8) is 0 Å². The van der Waals surface area contributed by atoms with Crippen LogP contribution in [0.25, 0.3) is 10.9 Å². The zero-order chi connectivity index (χ0) is 13.9. The Hall–Kier alpha value is -1.36. The monoisotopic (exact) mass is 272 g/mol. The maximum Gasteiger partial charge on any atom is 0.0457 e. The molecule has 4 heteroatoms. The fourth-order valence-electron chi connectivity index (χ4n) is 2.91. The van der Waals surface area contributed by atoms with Gasteiger partial charge in [-0.2, -0.15) is 0 Å². The van der Waals surface area contributed by atoms with E-state index in [2.05, 4.69) is 58.5 Å². The second kappa shape index (κ2) is 5.95. The standard InChI is InChI=1S/C16H24N4/c1-19-7-8-20(2)15(12-19)11-17-10-13-3-4-14-5-6-18-16(14)9-13/h3-6,9,15,17-18H,7-8,10-12H2,1-2H3. The van der Waals surface area contributed by atoms with Gasteiger partial charge < -0.3 is 15.2 Å². The fraction of sp³-hybridized carbons (Fsp3) is 0.500. The van der Waals surface area contributed by atoms with Crippen LogP contribution in [0.5, 0.6) is 0 Å². The minimum absolute atomic E-state index is 0.614. The number of rotatable bonds is 4. The summed E-state index contributed by atoms with van der Waals surface area (Å²) in [6.07, 6.45) is 1.99. The van der Waals surface area contributed by atoms with Gasteiger partial charge in [-0.15, -0.1) is 0 Å². The van der Waals surface area contributed by atoms with E-state index in [1.54, 1.807) is 0 Å². The van der Waals surface area contributed by atoms with Crippen LogP contribution >= 0.6 is 0 Å². The largest absolute Gasteiger partial charge is 0.361 e. The normalized spacial score (nSPS) is 21.6. The van der Waals surface area contributed by atoms with Crippen LogP contribution in [0.1, 0.15) is 5.56 Å². The van der Waals surface area contributed by atoms with E-state index in [1.807, 2.05) is 6.20 Å². The van der Waals surface area contributed by atoms with E-state index < -0.39 is 0 Å². The summed E-state index contributed by atoms with van der Waals surface area (Å²) in [6.45, 7) is 5.47. The first kappa shape index (κ1) is 13.6. The van der Waals surface area contributed by atoms with Gasteiger partial charge in [-0.1, -0.05) is 12.1 Å². The molecule has 2 heterocycles. The minimum atomic E-state index is 0.614. The van der Waals surface area contributed by atoms with Gasteiger partial charge in [0.25, 0.3) is 0 Å².